The average molecular weight is 326 g/mol. The fraction of sp³-hybridized carbons (Fsp3) is 0.200. The van der Waals surface area contributed by atoms with E-state index in [2.05, 4.69) is 15.9 Å². The molecule has 0 aliphatic heterocycles. The second-order valence-corrected chi connectivity index (χ2v) is 5.68. The van der Waals surface area contributed by atoms with Gasteiger partial charge in [0.25, 0.3) is 0 Å². The fourth-order valence-electron chi connectivity index (χ4n) is 2.09. The molecule has 0 bridgehead atoms. The molecule has 1 nitrogen and oxygen atoms in total. The van der Waals surface area contributed by atoms with Crippen LogP contribution >= 0.6 is 15.9 Å². The number of hydrogen-bond acceptors (Lipinski definition) is 1. The Labute approximate surface area is 119 Å². The van der Waals surface area contributed by atoms with Crippen LogP contribution in [-0.2, 0) is 5.54 Å². The van der Waals surface area contributed by atoms with Crippen molar-refractivity contribution < 1.29 is 8.78 Å². The third-order valence-electron chi connectivity index (χ3n) is 3.23. The van der Waals surface area contributed by atoms with Gasteiger partial charge in [0.15, 0.2) is 0 Å². The maximum absolute atomic E-state index is 14.2. The van der Waals surface area contributed by atoms with Gasteiger partial charge in [0, 0.05) is 10.0 Å². The van der Waals surface area contributed by atoms with Crippen molar-refractivity contribution in [1.82, 2.24) is 0 Å². The summed E-state index contributed by atoms with van der Waals surface area (Å²) < 4.78 is 29.0. The molecule has 0 saturated carbocycles. The van der Waals surface area contributed by atoms with Gasteiger partial charge in [-0.3, -0.25) is 0 Å². The minimum atomic E-state index is -1.23. The molecule has 2 aromatic carbocycles. The molecule has 100 valence electrons. The summed E-state index contributed by atoms with van der Waals surface area (Å²) in [5.41, 5.74) is 5.88. The van der Waals surface area contributed by atoms with Crippen molar-refractivity contribution in [3.05, 3.63) is 69.2 Å². The quantitative estimate of drug-likeness (QED) is 0.877. The zero-order valence-electron chi connectivity index (χ0n) is 10.7. The van der Waals surface area contributed by atoms with Crippen molar-refractivity contribution in [2.24, 2.45) is 5.73 Å². The fourth-order valence-corrected chi connectivity index (χ4v) is 2.49. The first kappa shape index (κ1) is 14.2. The summed E-state index contributed by atoms with van der Waals surface area (Å²) >= 11 is 3.34. The molecule has 0 fully saturated rings. The highest BCUT2D eigenvalue weighted by Crippen LogP contribution is 2.32. The molecule has 1 atom stereocenters. The summed E-state index contributed by atoms with van der Waals surface area (Å²) in [6.45, 7) is 3.20. The van der Waals surface area contributed by atoms with E-state index in [4.69, 9.17) is 5.73 Å². The number of hydrogen-bond donors (Lipinski definition) is 1. The lowest BCUT2D eigenvalue weighted by molar-refractivity contribution is 0.478. The number of aryl methyl sites for hydroxylation is 1. The predicted molar refractivity (Wildman–Crippen MR) is 75.9 cm³/mol. The van der Waals surface area contributed by atoms with Crippen LogP contribution in [0, 0.1) is 18.6 Å². The highest BCUT2D eigenvalue weighted by Gasteiger charge is 2.31. The standard InChI is InChI=1S/C15H14BrF2N/c1-9-6-7-12(17)13(14(9)18)15(2,19)10-4-3-5-11(16)8-10/h3-8H,19H2,1-2H3. The van der Waals surface area contributed by atoms with Gasteiger partial charge in [-0.25, -0.2) is 8.78 Å². The number of nitrogens with two attached hydrogens (primary N) is 1. The second-order valence-electron chi connectivity index (χ2n) is 4.77. The van der Waals surface area contributed by atoms with Crippen LogP contribution in [0.15, 0.2) is 40.9 Å². The summed E-state index contributed by atoms with van der Waals surface area (Å²) in [7, 11) is 0. The molecule has 4 heteroatoms. The van der Waals surface area contributed by atoms with Gasteiger partial charge in [0.2, 0.25) is 0 Å². The zero-order valence-corrected chi connectivity index (χ0v) is 12.3. The monoisotopic (exact) mass is 325 g/mol. The first-order valence-corrected chi connectivity index (χ1v) is 6.63. The molecule has 1 unspecified atom stereocenters. The summed E-state index contributed by atoms with van der Waals surface area (Å²) in [6, 6.07) is 9.80. The van der Waals surface area contributed by atoms with Crippen molar-refractivity contribution in [2.45, 2.75) is 19.4 Å². The molecule has 2 N–H and O–H groups in total. The maximum Gasteiger partial charge on any atom is 0.134 e. The van der Waals surface area contributed by atoms with Gasteiger partial charge in [-0.05, 0) is 43.2 Å². The lowest BCUT2D eigenvalue weighted by Gasteiger charge is -2.27. The van der Waals surface area contributed by atoms with E-state index in [0.29, 0.717) is 11.1 Å². The van der Waals surface area contributed by atoms with Gasteiger partial charge in [0.1, 0.15) is 11.6 Å². The van der Waals surface area contributed by atoms with Gasteiger partial charge >= 0.3 is 0 Å². The average Bonchev–Trinajstić information content (AvgIpc) is 2.34. The van der Waals surface area contributed by atoms with E-state index in [1.54, 1.807) is 32.0 Å². The van der Waals surface area contributed by atoms with E-state index in [1.807, 2.05) is 6.07 Å². The first-order chi connectivity index (χ1) is 8.84. The largest absolute Gasteiger partial charge is 0.318 e. The van der Waals surface area contributed by atoms with Crippen molar-refractivity contribution in [2.75, 3.05) is 0 Å². The predicted octanol–water partition coefficient (Wildman–Crippen LogP) is 4.26. The van der Waals surface area contributed by atoms with Gasteiger partial charge in [-0.2, -0.15) is 0 Å². The molecule has 0 radical (unpaired) electrons. The van der Waals surface area contributed by atoms with E-state index in [9.17, 15) is 8.78 Å². The molecule has 0 saturated heterocycles. The Hall–Kier alpha value is -1.26. The Kier molecular flexibility index (Phi) is 3.74. The van der Waals surface area contributed by atoms with Crippen molar-refractivity contribution in [1.29, 1.82) is 0 Å². The number of halogens is 3. The normalized spacial score (nSPS) is 14.2. The Morgan fingerprint density at radius 2 is 1.84 bits per heavy atom. The molecule has 0 aromatic heterocycles. The summed E-state index contributed by atoms with van der Waals surface area (Å²) in [6.07, 6.45) is 0. The first-order valence-electron chi connectivity index (χ1n) is 5.84. The maximum atomic E-state index is 14.2. The third-order valence-corrected chi connectivity index (χ3v) is 3.72. The highest BCUT2D eigenvalue weighted by molar-refractivity contribution is 9.10. The topological polar surface area (TPSA) is 26.0 Å². The van der Waals surface area contributed by atoms with Crippen LogP contribution in [0.25, 0.3) is 0 Å². The van der Waals surface area contributed by atoms with E-state index >= 15 is 0 Å². The molecular weight excluding hydrogens is 312 g/mol. The van der Waals surface area contributed by atoms with E-state index in [0.717, 1.165) is 4.47 Å². The molecule has 19 heavy (non-hydrogen) atoms. The van der Waals surface area contributed by atoms with Crippen LogP contribution in [0.3, 0.4) is 0 Å². The molecule has 0 aliphatic rings. The summed E-state index contributed by atoms with van der Waals surface area (Å²) in [5, 5.41) is 0. The number of rotatable bonds is 2. The molecule has 2 aromatic rings. The summed E-state index contributed by atoms with van der Waals surface area (Å²) in [5.74, 6) is -1.22. The third kappa shape index (κ3) is 2.55. The van der Waals surface area contributed by atoms with Gasteiger partial charge < -0.3 is 5.73 Å². The Balaban J connectivity index is 2.66. The zero-order chi connectivity index (χ0) is 14.2. The van der Waals surface area contributed by atoms with Crippen LogP contribution in [0.1, 0.15) is 23.6 Å². The minimum absolute atomic E-state index is 0.106. The van der Waals surface area contributed by atoms with Crippen molar-refractivity contribution in [3.63, 3.8) is 0 Å². The molecule has 0 aliphatic carbocycles. The van der Waals surface area contributed by atoms with Gasteiger partial charge in [-0.15, -0.1) is 0 Å². The molecule has 0 amide bonds. The molecule has 0 spiro atoms. The van der Waals surface area contributed by atoms with E-state index < -0.39 is 17.2 Å². The number of benzene rings is 2. The molecule has 0 heterocycles. The Morgan fingerprint density at radius 1 is 1.16 bits per heavy atom. The van der Waals surface area contributed by atoms with Gasteiger partial charge in [0.05, 0.1) is 5.54 Å². The lowest BCUT2D eigenvalue weighted by Crippen LogP contribution is -2.36. The van der Waals surface area contributed by atoms with Crippen LogP contribution < -0.4 is 5.73 Å². The van der Waals surface area contributed by atoms with E-state index in [1.165, 1.54) is 12.1 Å². The molecular formula is C15H14BrF2N. The smallest absolute Gasteiger partial charge is 0.134 e. The molecule has 2 rings (SSSR count). The lowest BCUT2D eigenvalue weighted by atomic mass is 9.84. The highest BCUT2D eigenvalue weighted by atomic mass is 79.9. The Bertz CT molecular complexity index is 624. The van der Waals surface area contributed by atoms with Crippen LogP contribution in [-0.4, -0.2) is 0 Å². The van der Waals surface area contributed by atoms with Gasteiger partial charge in [-0.1, -0.05) is 34.1 Å². The van der Waals surface area contributed by atoms with Crippen molar-refractivity contribution in [3.8, 4) is 0 Å². The van der Waals surface area contributed by atoms with Crippen LogP contribution in [0.5, 0.6) is 0 Å². The van der Waals surface area contributed by atoms with Crippen molar-refractivity contribution >= 4 is 15.9 Å². The second kappa shape index (κ2) is 5.02. The summed E-state index contributed by atoms with van der Waals surface area (Å²) in [4.78, 5) is 0. The Morgan fingerprint density at radius 3 is 2.47 bits per heavy atom. The van der Waals surface area contributed by atoms with Crippen LogP contribution in [0.4, 0.5) is 8.78 Å². The van der Waals surface area contributed by atoms with E-state index in [-0.39, 0.29) is 5.56 Å². The minimum Gasteiger partial charge on any atom is -0.318 e. The van der Waals surface area contributed by atoms with Crippen LogP contribution in [0.2, 0.25) is 0 Å². The SMILES string of the molecule is Cc1ccc(F)c(C(C)(N)c2cccc(Br)c2)c1F.